The number of nitrogens with one attached hydrogen (secondary N) is 1. The molecule has 0 aliphatic heterocycles. The summed E-state index contributed by atoms with van der Waals surface area (Å²) in [5.74, 6) is -0.0762. The van der Waals surface area contributed by atoms with Gasteiger partial charge in [0.05, 0.1) is 26.6 Å². The summed E-state index contributed by atoms with van der Waals surface area (Å²) < 4.78 is 37.2. The number of hydrogen-bond donors (Lipinski definition) is 1. The monoisotopic (exact) mass is 294 g/mol. The van der Waals surface area contributed by atoms with Crippen LogP contribution in [0.3, 0.4) is 0 Å². The van der Waals surface area contributed by atoms with Gasteiger partial charge in [0.15, 0.2) is 11.6 Å². The first-order chi connectivity index (χ1) is 10.1. The highest BCUT2D eigenvalue weighted by molar-refractivity contribution is 5.45. The predicted octanol–water partition coefficient (Wildman–Crippen LogP) is 3.03. The maximum Gasteiger partial charge on any atom is 0.167 e. The second-order valence-electron chi connectivity index (χ2n) is 4.38. The van der Waals surface area contributed by atoms with E-state index in [0.717, 1.165) is 18.0 Å². The van der Waals surface area contributed by atoms with Crippen LogP contribution in [0.4, 0.5) is 14.5 Å². The Morgan fingerprint density at radius 3 is 2.10 bits per heavy atom. The number of rotatable bonds is 6. The summed E-state index contributed by atoms with van der Waals surface area (Å²) in [7, 11) is 3.14. The molecule has 0 saturated carbocycles. The Kier molecular flexibility index (Phi) is 4.92. The summed E-state index contributed by atoms with van der Waals surface area (Å²) in [6.07, 6.45) is 2.51. The number of nitrogens with zero attached hydrogens (tertiary/aromatic N) is 1. The predicted molar refractivity (Wildman–Crippen MR) is 75.9 cm³/mol. The van der Waals surface area contributed by atoms with Crippen molar-refractivity contribution in [1.29, 1.82) is 0 Å². The fraction of sp³-hybridized carbons (Fsp3) is 0.267. The van der Waals surface area contributed by atoms with Gasteiger partial charge in [-0.3, -0.25) is 4.98 Å². The zero-order valence-corrected chi connectivity index (χ0v) is 11.8. The van der Waals surface area contributed by atoms with Crippen LogP contribution in [0.25, 0.3) is 0 Å². The molecule has 0 aliphatic rings. The molecule has 0 unspecified atom stereocenters. The van der Waals surface area contributed by atoms with Crippen LogP contribution >= 0.6 is 0 Å². The van der Waals surface area contributed by atoms with Crippen molar-refractivity contribution in [3.63, 3.8) is 0 Å². The largest absolute Gasteiger partial charge is 0.497 e. The number of methoxy groups -OCH3 is 2. The van der Waals surface area contributed by atoms with Gasteiger partial charge in [0, 0.05) is 12.6 Å². The first-order valence-electron chi connectivity index (χ1n) is 6.39. The highest BCUT2D eigenvalue weighted by Crippen LogP contribution is 2.23. The van der Waals surface area contributed by atoms with Crippen LogP contribution in [0, 0.1) is 11.6 Å². The molecule has 2 rings (SSSR count). The van der Waals surface area contributed by atoms with Crippen molar-refractivity contribution in [3.05, 3.63) is 47.8 Å². The fourth-order valence-corrected chi connectivity index (χ4v) is 1.92. The highest BCUT2D eigenvalue weighted by atomic mass is 19.1. The van der Waals surface area contributed by atoms with Crippen LogP contribution in [-0.4, -0.2) is 25.7 Å². The molecule has 2 aromatic rings. The first-order valence-corrected chi connectivity index (χ1v) is 6.39. The summed E-state index contributed by atoms with van der Waals surface area (Å²) in [4.78, 5) is 3.43. The van der Waals surface area contributed by atoms with Crippen LogP contribution in [0.1, 0.15) is 5.56 Å². The van der Waals surface area contributed by atoms with Crippen LogP contribution < -0.4 is 14.8 Å². The van der Waals surface area contributed by atoms with E-state index in [4.69, 9.17) is 9.47 Å². The van der Waals surface area contributed by atoms with Crippen molar-refractivity contribution >= 4 is 5.69 Å². The Balaban J connectivity index is 2.03. The molecule has 6 heteroatoms. The van der Waals surface area contributed by atoms with Gasteiger partial charge < -0.3 is 14.8 Å². The van der Waals surface area contributed by atoms with E-state index in [2.05, 4.69) is 10.3 Å². The molecular weight excluding hydrogens is 278 g/mol. The van der Waals surface area contributed by atoms with Crippen LogP contribution in [0.2, 0.25) is 0 Å². The van der Waals surface area contributed by atoms with Crippen molar-refractivity contribution < 1.29 is 18.3 Å². The lowest BCUT2D eigenvalue weighted by Crippen LogP contribution is -2.08. The number of hydrogen-bond acceptors (Lipinski definition) is 4. The number of pyridine rings is 1. The maximum absolute atomic E-state index is 13.4. The fourth-order valence-electron chi connectivity index (χ4n) is 1.92. The van der Waals surface area contributed by atoms with Crippen LogP contribution in [-0.2, 0) is 6.42 Å². The zero-order chi connectivity index (χ0) is 15.2. The molecule has 1 aromatic heterocycles. The summed E-state index contributed by atoms with van der Waals surface area (Å²) >= 11 is 0. The van der Waals surface area contributed by atoms with Crippen molar-refractivity contribution in [2.45, 2.75) is 6.42 Å². The SMILES string of the molecule is COc1cc(CCNc2c(F)cncc2F)cc(OC)c1. The zero-order valence-electron chi connectivity index (χ0n) is 11.8. The summed E-state index contributed by atoms with van der Waals surface area (Å²) in [6, 6.07) is 5.46. The Hall–Kier alpha value is -2.37. The van der Waals surface area contributed by atoms with E-state index < -0.39 is 11.6 Å². The van der Waals surface area contributed by atoms with Crippen LogP contribution in [0.15, 0.2) is 30.6 Å². The average molecular weight is 294 g/mol. The van der Waals surface area contributed by atoms with Crippen LogP contribution in [0.5, 0.6) is 11.5 Å². The molecule has 112 valence electrons. The van der Waals surface area contributed by atoms with Gasteiger partial charge in [0.25, 0.3) is 0 Å². The lowest BCUT2D eigenvalue weighted by molar-refractivity contribution is 0.393. The minimum Gasteiger partial charge on any atom is -0.497 e. The third kappa shape index (κ3) is 3.81. The number of ether oxygens (including phenoxy) is 2. The number of halogens is 2. The van der Waals surface area contributed by atoms with Gasteiger partial charge in [-0.25, -0.2) is 8.78 Å². The summed E-state index contributed by atoms with van der Waals surface area (Å²) in [6.45, 7) is 0.369. The highest BCUT2D eigenvalue weighted by Gasteiger charge is 2.08. The van der Waals surface area contributed by atoms with Gasteiger partial charge in [-0.1, -0.05) is 0 Å². The van der Waals surface area contributed by atoms with Gasteiger partial charge >= 0.3 is 0 Å². The van der Waals surface area contributed by atoms with Gasteiger partial charge in [0.1, 0.15) is 17.2 Å². The maximum atomic E-state index is 13.4. The van der Waals surface area contributed by atoms with E-state index in [1.165, 1.54) is 0 Å². The molecule has 0 amide bonds. The third-order valence-corrected chi connectivity index (χ3v) is 2.98. The van der Waals surface area contributed by atoms with Crippen molar-refractivity contribution in [1.82, 2.24) is 4.98 Å². The molecule has 0 spiro atoms. The molecule has 0 bridgehead atoms. The minimum absolute atomic E-state index is 0.167. The molecule has 4 nitrogen and oxygen atoms in total. The normalized spacial score (nSPS) is 10.3. The topological polar surface area (TPSA) is 43.4 Å². The minimum atomic E-state index is -0.710. The molecule has 21 heavy (non-hydrogen) atoms. The molecular formula is C15H16F2N2O2. The van der Waals surface area contributed by atoms with E-state index in [9.17, 15) is 8.78 Å². The summed E-state index contributed by atoms with van der Waals surface area (Å²) in [5.41, 5.74) is 0.772. The quantitative estimate of drug-likeness (QED) is 0.889. The van der Waals surface area contributed by atoms with E-state index in [1.54, 1.807) is 20.3 Å². The number of benzene rings is 1. The van der Waals surface area contributed by atoms with Gasteiger partial charge in [-0.05, 0) is 24.1 Å². The van der Waals surface area contributed by atoms with E-state index in [-0.39, 0.29) is 5.69 Å². The van der Waals surface area contributed by atoms with E-state index >= 15 is 0 Å². The molecule has 1 N–H and O–H groups in total. The van der Waals surface area contributed by atoms with Crippen molar-refractivity contribution in [3.8, 4) is 11.5 Å². The lowest BCUT2D eigenvalue weighted by atomic mass is 10.1. The molecule has 0 aliphatic carbocycles. The van der Waals surface area contributed by atoms with Gasteiger partial charge in [0.2, 0.25) is 0 Å². The number of aromatic nitrogens is 1. The molecule has 0 atom stereocenters. The lowest BCUT2D eigenvalue weighted by Gasteiger charge is -2.10. The van der Waals surface area contributed by atoms with Crippen molar-refractivity contribution in [2.75, 3.05) is 26.1 Å². The standard InChI is InChI=1S/C15H16F2N2O2/c1-20-11-5-10(6-12(7-11)21-2)3-4-19-15-13(16)8-18-9-14(15)17/h5-9H,3-4H2,1-2H3,(H,18,19). The average Bonchev–Trinajstić information content (AvgIpc) is 2.49. The summed E-state index contributed by atoms with van der Waals surface area (Å²) in [5, 5.41) is 2.73. The second kappa shape index (κ2) is 6.88. The smallest absolute Gasteiger partial charge is 0.167 e. The third-order valence-electron chi connectivity index (χ3n) is 2.98. The Morgan fingerprint density at radius 1 is 1.00 bits per heavy atom. The van der Waals surface area contributed by atoms with Gasteiger partial charge in [-0.2, -0.15) is 0 Å². The Bertz CT molecular complexity index is 578. The molecule has 0 fully saturated rings. The van der Waals surface area contributed by atoms with E-state index in [1.807, 2.05) is 12.1 Å². The Morgan fingerprint density at radius 2 is 1.57 bits per heavy atom. The molecule has 0 radical (unpaired) electrons. The van der Waals surface area contributed by atoms with E-state index in [0.29, 0.717) is 24.5 Å². The van der Waals surface area contributed by atoms with Gasteiger partial charge in [-0.15, -0.1) is 0 Å². The first kappa shape index (κ1) is 15.0. The van der Waals surface area contributed by atoms with Crippen molar-refractivity contribution in [2.24, 2.45) is 0 Å². The molecule has 1 heterocycles. The second-order valence-corrected chi connectivity index (χ2v) is 4.38. The molecule has 1 aromatic carbocycles. The Labute approximate surface area is 121 Å². The number of anilines is 1. The molecule has 0 saturated heterocycles.